The molecular formula is C23H22N2O3. The number of pyridine rings is 2. The molecule has 1 aromatic carbocycles. The SMILES string of the molecule is O=C(C=Cc1ccc(OCc2ccccn2)cc1)OCCCc1ccncc1. The molecule has 0 aliphatic rings. The first-order valence-electron chi connectivity index (χ1n) is 9.16. The quantitative estimate of drug-likeness (QED) is 0.318. The van der Waals surface area contributed by atoms with Crippen LogP contribution >= 0.6 is 0 Å². The topological polar surface area (TPSA) is 61.3 Å². The fourth-order valence-electron chi connectivity index (χ4n) is 2.53. The second-order valence-electron chi connectivity index (χ2n) is 6.14. The van der Waals surface area contributed by atoms with Crippen LogP contribution in [0.4, 0.5) is 0 Å². The molecule has 0 radical (unpaired) electrons. The Morgan fingerprint density at radius 3 is 2.54 bits per heavy atom. The van der Waals surface area contributed by atoms with Gasteiger partial charge in [0.2, 0.25) is 0 Å². The second-order valence-corrected chi connectivity index (χ2v) is 6.14. The molecule has 0 saturated heterocycles. The molecule has 0 bridgehead atoms. The summed E-state index contributed by atoms with van der Waals surface area (Å²) in [5.41, 5.74) is 2.96. The van der Waals surface area contributed by atoms with Gasteiger partial charge in [-0.15, -0.1) is 0 Å². The van der Waals surface area contributed by atoms with E-state index in [9.17, 15) is 4.79 Å². The average molecular weight is 374 g/mol. The summed E-state index contributed by atoms with van der Waals surface area (Å²) in [7, 11) is 0. The normalized spacial score (nSPS) is 10.7. The third-order valence-electron chi connectivity index (χ3n) is 4.01. The summed E-state index contributed by atoms with van der Waals surface area (Å²) in [6, 6.07) is 17.2. The van der Waals surface area contributed by atoms with Gasteiger partial charge in [-0.05, 0) is 66.4 Å². The van der Waals surface area contributed by atoms with Crippen LogP contribution in [-0.4, -0.2) is 22.5 Å². The number of hydrogen-bond acceptors (Lipinski definition) is 5. The molecule has 0 spiro atoms. The van der Waals surface area contributed by atoms with Crippen LogP contribution in [-0.2, 0) is 22.6 Å². The molecule has 2 aromatic heterocycles. The van der Waals surface area contributed by atoms with E-state index in [1.807, 2.05) is 54.6 Å². The number of aryl methyl sites for hydroxylation is 1. The number of nitrogens with zero attached hydrogens (tertiary/aromatic N) is 2. The summed E-state index contributed by atoms with van der Waals surface area (Å²) < 4.78 is 10.9. The summed E-state index contributed by atoms with van der Waals surface area (Å²) in [5, 5.41) is 0. The third kappa shape index (κ3) is 6.68. The van der Waals surface area contributed by atoms with Crippen molar-refractivity contribution in [3.05, 3.63) is 96.1 Å². The maximum absolute atomic E-state index is 11.8. The highest BCUT2D eigenvalue weighted by atomic mass is 16.5. The molecule has 0 N–H and O–H groups in total. The lowest BCUT2D eigenvalue weighted by Crippen LogP contribution is -2.03. The van der Waals surface area contributed by atoms with Crippen LogP contribution in [0.15, 0.2) is 79.3 Å². The van der Waals surface area contributed by atoms with Crippen LogP contribution in [0.1, 0.15) is 23.2 Å². The molecule has 3 rings (SSSR count). The van der Waals surface area contributed by atoms with E-state index < -0.39 is 0 Å². The molecule has 2 heterocycles. The van der Waals surface area contributed by atoms with E-state index in [1.54, 1.807) is 24.7 Å². The standard InChI is InChI=1S/C23H22N2O3/c26-23(27-17-3-4-19-12-15-24-16-13-19)11-8-20-6-9-22(10-7-20)28-18-21-5-1-2-14-25-21/h1-2,5-16H,3-4,17-18H2. The summed E-state index contributed by atoms with van der Waals surface area (Å²) in [6.45, 7) is 0.813. The number of benzene rings is 1. The Morgan fingerprint density at radius 2 is 1.79 bits per heavy atom. The monoisotopic (exact) mass is 374 g/mol. The molecule has 0 aliphatic carbocycles. The Bertz CT molecular complexity index is 879. The van der Waals surface area contributed by atoms with Crippen LogP contribution in [0.3, 0.4) is 0 Å². The molecule has 0 saturated carbocycles. The Labute approximate surface area is 164 Å². The molecule has 5 nitrogen and oxygen atoms in total. The smallest absolute Gasteiger partial charge is 0.330 e. The minimum absolute atomic E-state index is 0.342. The zero-order valence-electron chi connectivity index (χ0n) is 15.5. The van der Waals surface area contributed by atoms with Crippen molar-refractivity contribution in [2.45, 2.75) is 19.4 Å². The summed E-state index contributed by atoms with van der Waals surface area (Å²) in [6.07, 6.45) is 10.1. The van der Waals surface area contributed by atoms with Crippen molar-refractivity contribution in [1.82, 2.24) is 9.97 Å². The maximum atomic E-state index is 11.8. The number of rotatable bonds is 9. The molecule has 3 aromatic rings. The summed E-state index contributed by atoms with van der Waals surface area (Å²) in [4.78, 5) is 20.0. The van der Waals surface area contributed by atoms with E-state index in [-0.39, 0.29) is 5.97 Å². The molecule has 0 amide bonds. The van der Waals surface area contributed by atoms with E-state index in [0.717, 1.165) is 29.8 Å². The van der Waals surface area contributed by atoms with E-state index in [1.165, 1.54) is 11.6 Å². The first-order valence-corrected chi connectivity index (χ1v) is 9.16. The minimum Gasteiger partial charge on any atom is -0.487 e. The van der Waals surface area contributed by atoms with Crippen molar-refractivity contribution in [2.24, 2.45) is 0 Å². The number of aromatic nitrogens is 2. The van der Waals surface area contributed by atoms with Gasteiger partial charge in [-0.3, -0.25) is 9.97 Å². The van der Waals surface area contributed by atoms with Gasteiger partial charge >= 0.3 is 5.97 Å². The minimum atomic E-state index is -0.342. The first kappa shape index (κ1) is 19.3. The van der Waals surface area contributed by atoms with Crippen molar-refractivity contribution in [1.29, 1.82) is 0 Å². The lowest BCUT2D eigenvalue weighted by molar-refractivity contribution is -0.137. The highest BCUT2D eigenvalue weighted by Crippen LogP contribution is 2.14. The van der Waals surface area contributed by atoms with Gasteiger partial charge in [0.1, 0.15) is 12.4 Å². The highest BCUT2D eigenvalue weighted by molar-refractivity contribution is 5.87. The predicted octanol–water partition coefficient (Wildman–Crippen LogP) is 4.24. The third-order valence-corrected chi connectivity index (χ3v) is 4.01. The summed E-state index contributed by atoms with van der Waals surface area (Å²) >= 11 is 0. The number of ether oxygens (including phenoxy) is 2. The molecule has 142 valence electrons. The van der Waals surface area contributed by atoms with E-state index >= 15 is 0 Å². The largest absolute Gasteiger partial charge is 0.487 e. The molecule has 0 unspecified atom stereocenters. The average Bonchev–Trinajstić information content (AvgIpc) is 2.76. The fourth-order valence-corrected chi connectivity index (χ4v) is 2.53. The molecule has 0 fully saturated rings. The van der Waals surface area contributed by atoms with Crippen LogP contribution in [0.5, 0.6) is 5.75 Å². The molecule has 28 heavy (non-hydrogen) atoms. The lowest BCUT2D eigenvalue weighted by atomic mass is 10.1. The highest BCUT2D eigenvalue weighted by Gasteiger charge is 2.00. The van der Waals surface area contributed by atoms with Gasteiger partial charge in [0.15, 0.2) is 0 Å². The van der Waals surface area contributed by atoms with Crippen LogP contribution in [0, 0.1) is 0 Å². The maximum Gasteiger partial charge on any atom is 0.330 e. The number of carbonyl (C=O) groups is 1. The van der Waals surface area contributed by atoms with Crippen LogP contribution < -0.4 is 4.74 Å². The Morgan fingerprint density at radius 1 is 0.964 bits per heavy atom. The van der Waals surface area contributed by atoms with Crippen molar-refractivity contribution in [3.8, 4) is 5.75 Å². The molecule has 5 heteroatoms. The van der Waals surface area contributed by atoms with Gasteiger partial charge in [-0.25, -0.2) is 4.79 Å². The molecule has 0 atom stereocenters. The van der Waals surface area contributed by atoms with Gasteiger partial charge in [-0.2, -0.15) is 0 Å². The Hall–Kier alpha value is -3.47. The zero-order valence-corrected chi connectivity index (χ0v) is 15.5. The van der Waals surface area contributed by atoms with E-state index in [2.05, 4.69) is 9.97 Å². The summed E-state index contributed by atoms with van der Waals surface area (Å²) in [5.74, 6) is 0.409. The molecular weight excluding hydrogens is 352 g/mol. The van der Waals surface area contributed by atoms with Crippen LogP contribution in [0.2, 0.25) is 0 Å². The predicted molar refractivity (Wildman–Crippen MR) is 108 cm³/mol. The van der Waals surface area contributed by atoms with Crippen molar-refractivity contribution < 1.29 is 14.3 Å². The number of esters is 1. The number of hydrogen-bond donors (Lipinski definition) is 0. The first-order chi connectivity index (χ1) is 13.8. The second kappa shape index (κ2) is 10.6. The molecule has 0 aliphatic heterocycles. The van der Waals surface area contributed by atoms with Crippen molar-refractivity contribution in [3.63, 3.8) is 0 Å². The Balaban J connectivity index is 1.38. The van der Waals surface area contributed by atoms with Gasteiger partial charge in [0.25, 0.3) is 0 Å². The van der Waals surface area contributed by atoms with E-state index in [0.29, 0.717) is 13.2 Å². The van der Waals surface area contributed by atoms with E-state index in [4.69, 9.17) is 9.47 Å². The number of carbonyl (C=O) groups excluding carboxylic acids is 1. The van der Waals surface area contributed by atoms with Gasteiger partial charge in [0.05, 0.1) is 12.3 Å². The zero-order chi connectivity index (χ0) is 19.4. The Kier molecular flexibility index (Phi) is 7.32. The lowest BCUT2D eigenvalue weighted by Gasteiger charge is -2.05. The van der Waals surface area contributed by atoms with Gasteiger partial charge in [0, 0.05) is 24.7 Å². The van der Waals surface area contributed by atoms with Crippen molar-refractivity contribution in [2.75, 3.05) is 6.61 Å². The fraction of sp³-hybridized carbons (Fsp3) is 0.174. The van der Waals surface area contributed by atoms with Gasteiger partial charge in [-0.1, -0.05) is 18.2 Å². The van der Waals surface area contributed by atoms with Crippen molar-refractivity contribution >= 4 is 12.0 Å². The van der Waals surface area contributed by atoms with Crippen LogP contribution in [0.25, 0.3) is 6.08 Å². The van der Waals surface area contributed by atoms with Gasteiger partial charge < -0.3 is 9.47 Å².